The molecule has 31 heavy (non-hydrogen) atoms. The lowest BCUT2D eigenvalue weighted by Gasteiger charge is -2.12. The normalized spacial score (nSPS) is 11.2. The second-order valence-electron chi connectivity index (χ2n) is 6.99. The van der Waals surface area contributed by atoms with Crippen LogP contribution in [0.25, 0.3) is 33.7 Å². The van der Waals surface area contributed by atoms with Gasteiger partial charge in [-0.3, -0.25) is 9.51 Å². The number of hydrogen-bond donors (Lipinski definition) is 1. The molecule has 0 unspecified atom stereocenters. The Kier molecular flexibility index (Phi) is 4.59. The zero-order valence-electron chi connectivity index (χ0n) is 16.5. The van der Waals surface area contributed by atoms with Crippen LogP contribution in [0.15, 0.2) is 76.0 Å². The van der Waals surface area contributed by atoms with Gasteiger partial charge in [0.2, 0.25) is 5.82 Å². The third-order valence-electron chi connectivity index (χ3n) is 5.05. The van der Waals surface area contributed by atoms with Crippen LogP contribution < -0.4 is 10.5 Å². The average Bonchev–Trinajstić information content (AvgIpc) is 3.38. The highest BCUT2D eigenvalue weighted by atomic mass is 19.1. The van der Waals surface area contributed by atoms with E-state index in [0.29, 0.717) is 17.9 Å². The van der Waals surface area contributed by atoms with E-state index in [9.17, 15) is 9.18 Å². The second-order valence-corrected chi connectivity index (χ2v) is 6.99. The van der Waals surface area contributed by atoms with Gasteiger partial charge in [-0.05, 0) is 29.8 Å². The van der Waals surface area contributed by atoms with Gasteiger partial charge < -0.3 is 9.30 Å². The number of H-pyrrole nitrogens is 1. The zero-order valence-corrected chi connectivity index (χ0v) is 16.5. The van der Waals surface area contributed by atoms with Crippen LogP contribution in [0.4, 0.5) is 4.39 Å². The molecule has 7 nitrogen and oxygen atoms in total. The van der Waals surface area contributed by atoms with Gasteiger partial charge in [0.25, 0.3) is 0 Å². The summed E-state index contributed by atoms with van der Waals surface area (Å²) in [7, 11) is 1.45. The highest BCUT2D eigenvalue weighted by molar-refractivity contribution is 5.88. The van der Waals surface area contributed by atoms with E-state index in [1.807, 2.05) is 53.1 Å². The van der Waals surface area contributed by atoms with Gasteiger partial charge in [-0.25, -0.2) is 14.2 Å². The Morgan fingerprint density at radius 3 is 2.68 bits per heavy atom. The number of fused-ring (bicyclic) bond motifs is 1. The number of aromatic amines is 1. The molecule has 0 bridgehead atoms. The van der Waals surface area contributed by atoms with Crippen molar-refractivity contribution in [1.29, 1.82) is 0 Å². The predicted octanol–water partition coefficient (Wildman–Crippen LogP) is 4.24. The monoisotopic (exact) mass is 416 g/mol. The maximum Gasteiger partial charge on any atom is 0.439 e. The van der Waals surface area contributed by atoms with E-state index in [-0.39, 0.29) is 11.6 Å². The molecule has 0 saturated heterocycles. The molecule has 0 atom stereocenters. The minimum Gasteiger partial charge on any atom is -0.494 e. The van der Waals surface area contributed by atoms with Crippen LogP contribution >= 0.6 is 0 Å². The third kappa shape index (κ3) is 3.48. The molecule has 0 saturated carbocycles. The number of pyridine rings is 1. The van der Waals surface area contributed by atoms with Gasteiger partial charge >= 0.3 is 5.76 Å². The van der Waals surface area contributed by atoms with Gasteiger partial charge in [0, 0.05) is 17.1 Å². The summed E-state index contributed by atoms with van der Waals surface area (Å²) in [4.78, 5) is 18.4. The number of nitrogens with zero attached hydrogens (tertiary/aromatic N) is 3. The molecule has 0 aliphatic heterocycles. The minimum atomic E-state index is -0.644. The van der Waals surface area contributed by atoms with E-state index < -0.39 is 11.6 Å². The summed E-state index contributed by atoms with van der Waals surface area (Å²) in [5.74, 6) is -0.632. The van der Waals surface area contributed by atoms with Crippen molar-refractivity contribution in [3.63, 3.8) is 0 Å². The Labute approximate surface area is 175 Å². The first-order chi connectivity index (χ1) is 15.1. The highest BCUT2D eigenvalue weighted by Gasteiger charge is 2.16. The molecule has 5 rings (SSSR count). The van der Waals surface area contributed by atoms with Crippen LogP contribution in [-0.2, 0) is 6.54 Å². The first-order valence-electron chi connectivity index (χ1n) is 9.57. The third-order valence-corrected chi connectivity index (χ3v) is 5.05. The highest BCUT2D eigenvalue weighted by Crippen LogP contribution is 2.33. The maximum atomic E-state index is 14.5. The van der Waals surface area contributed by atoms with Crippen molar-refractivity contribution in [2.24, 2.45) is 0 Å². The van der Waals surface area contributed by atoms with Gasteiger partial charge in [-0.15, -0.1) is 0 Å². The number of nitrogens with one attached hydrogen (secondary N) is 1. The molecule has 1 N–H and O–H groups in total. The van der Waals surface area contributed by atoms with Crippen molar-refractivity contribution in [2.45, 2.75) is 6.54 Å². The summed E-state index contributed by atoms with van der Waals surface area (Å²) in [5.41, 5.74) is 3.83. The number of methoxy groups -OCH3 is 1. The van der Waals surface area contributed by atoms with Gasteiger partial charge in [0.1, 0.15) is 5.69 Å². The fourth-order valence-electron chi connectivity index (χ4n) is 3.64. The largest absolute Gasteiger partial charge is 0.494 e. The summed E-state index contributed by atoms with van der Waals surface area (Å²) >= 11 is 0. The van der Waals surface area contributed by atoms with Gasteiger partial charge in [-0.2, -0.15) is 0 Å². The minimum absolute atomic E-state index is 0.194. The number of aromatic nitrogens is 4. The lowest BCUT2D eigenvalue weighted by atomic mass is 10.1. The van der Waals surface area contributed by atoms with Crippen molar-refractivity contribution in [2.75, 3.05) is 7.11 Å². The van der Waals surface area contributed by atoms with Gasteiger partial charge in [0.15, 0.2) is 11.6 Å². The topological polar surface area (TPSA) is 85.9 Å². The Morgan fingerprint density at radius 2 is 1.94 bits per heavy atom. The average molecular weight is 416 g/mol. The molecule has 0 aliphatic rings. The molecular formula is C23H17FN4O3. The lowest BCUT2D eigenvalue weighted by Crippen LogP contribution is -2.05. The molecule has 0 fully saturated rings. The van der Waals surface area contributed by atoms with E-state index in [0.717, 1.165) is 22.2 Å². The maximum absolute atomic E-state index is 14.5. The lowest BCUT2D eigenvalue weighted by molar-refractivity contribution is 0.387. The van der Waals surface area contributed by atoms with Crippen LogP contribution in [0.2, 0.25) is 0 Å². The summed E-state index contributed by atoms with van der Waals surface area (Å²) in [5, 5.41) is 4.55. The van der Waals surface area contributed by atoms with Crippen LogP contribution in [0, 0.1) is 5.82 Å². The quantitative estimate of drug-likeness (QED) is 0.463. The predicted molar refractivity (Wildman–Crippen MR) is 113 cm³/mol. The van der Waals surface area contributed by atoms with Crippen molar-refractivity contribution >= 4 is 10.9 Å². The molecule has 8 heteroatoms. The van der Waals surface area contributed by atoms with Crippen molar-refractivity contribution in [1.82, 2.24) is 19.7 Å². The van der Waals surface area contributed by atoms with Crippen LogP contribution in [0.5, 0.6) is 5.75 Å². The van der Waals surface area contributed by atoms with E-state index in [1.165, 1.54) is 13.2 Å². The number of rotatable bonds is 5. The number of hydrogen-bond acceptors (Lipinski definition) is 5. The molecule has 3 aromatic heterocycles. The Morgan fingerprint density at radius 1 is 1.10 bits per heavy atom. The van der Waals surface area contributed by atoms with E-state index in [1.54, 1.807) is 12.1 Å². The summed E-state index contributed by atoms with van der Waals surface area (Å²) in [6, 6.07) is 20.4. The first kappa shape index (κ1) is 18.8. The van der Waals surface area contributed by atoms with Crippen molar-refractivity contribution in [3.05, 3.63) is 88.8 Å². The van der Waals surface area contributed by atoms with Crippen molar-refractivity contribution in [3.8, 4) is 28.5 Å². The second kappa shape index (κ2) is 7.56. The molecule has 154 valence electrons. The van der Waals surface area contributed by atoms with Crippen LogP contribution in [-0.4, -0.2) is 26.8 Å². The molecule has 3 heterocycles. The summed E-state index contributed by atoms with van der Waals surface area (Å²) in [6.45, 7) is 0.384. The molecule has 0 spiro atoms. The Balaban J connectivity index is 1.65. The van der Waals surface area contributed by atoms with E-state index in [4.69, 9.17) is 4.74 Å². The molecule has 0 aliphatic carbocycles. The van der Waals surface area contributed by atoms with Crippen LogP contribution in [0.3, 0.4) is 0 Å². The Bertz CT molecular complexity index is 1440. The van der Waals surface area contributed by atoms with Gasteiger partial charge in [-0.1, -0.05) is 41.6 Å². The standard InChI is InChI=1S/C23H17FN4O3/c1-30-21-11-15-10-19(14-6-3-2-4-7-14)28(20(15)12-17(21)24)13-16-8-5-9-18(25-16)22-26-23(29)31-27-22/h2-12H,13H2,1H3,(H,26,27,29). The fraction of sp³-hybridized carbons (Fsp3) is 0.0870. The molecule has 5 aromatic rings. The SMILES string of the molecule is COc1cc2cc(-c3ccccc3)n(Cc3cccc(-c4noc(=O)[nH]4)n3)c2cc1F. The number of ether oxygens (including phenoxy) is 1. The molecule has 0 radical (unpaired) electrons. The zero-order chi connectivity index (χ0) is 21.4. The fourth-order valence-corrected chi connectivity index (χ4v) is 3.64. The van der Waals surface area contributed by atoms with Crippen LogP contribution in [0.1, 0.15) is 5.69 Å². The number of benzene rings is 2. The first-order valence-corrected chi connectivity index (χ1v) is 9.57. The molecular weight excluding hydrogens is 399 g/mol. The molecule has 0 amide bonds. The molecule has 2 aromatic carbocycles. The van der Waals surface area contributed by atoms with Gasteiger partial charge in [0.05, 0.1) is 24.9 Å². The number of halogens is 1. The summed E-state index contributed by atoms with van der Waals surface area (Å²) in [6.07, 6.45) is 0. The van der Waals surface area contributed by atoms with Crippen molar-refractivity contribution < 1.29 is 13.7 Å². The van der Waals surface area contributed by atoms with E-state index in [2.05, 4.69) is 19.6 Å². The van der Waals surface area contributed by atoms with E-state index >= 15 is 0 Å². The smallest absolute Gasteiger partial charge is 0.439 e. The summed E-state index contributed by atoms with van der Waals surface area (Å²) < 4.78 is 26.3. The Hall–Kier alpha value is -4.20.